The first-order valence-electron chi connectivity index (χ1n) is 15.7. The van der Waals surface area contributed by atoms with Gasteiger partial charge in [0.25, 0.3) is 0 Å². The van der Waals surface area contributed by atoms with Crippen LogP contribution in [0.4, 0.5) is 31.1 Å². The Morgan fingerprint density at radius 1 is 0.780 bits per heavy atom. The molecular weight excluding hydrogens is 754 g/mol. The van der Waals surface area contributed by atoms with Crippen LogP contribution in [0.1, 0.15) is 120 Å². The molecule has 0 spiro atoms. The predicted molar refractivity (Wildman–Crippen MR) is 180 cm³/mol. The zero-order valence-corrected chi connectivity index (χ0v) is 31.7. The first kappa shape index (κ1) is 41.2. The second-order valence-electron chi connectivity index (χ2n) is 14.8. The number of Topliss-reactive ketones (excluding diaryl/α,β-unsaturated/α-hetero) is 1. The Hall–Kier alpha value is -3.21. The van der Waals surface area contributed by atoms with Crippen LogP contribution in [0, 0.1) is 0 Å². The highest BCUT2D eigenvalue weighted by Gasteiger charge is 2.37. The molecule has 17 heteroatoms. The van der Waals surface area contributed by atoms with Gasteiger partial charge in [0.15, 0.2) is 5.78 Å². The van der Waals surface area contributed by atoms with Gasteiger partial charge in [-0.2, -0.15) is 26.3 Å². The summed E-state index contributed by atoms with van der Waals surface area (Å²) in [5, 5.41) is 2.50. The van der Waals surface area contributed by atoms with Crippen molar-refractivity contribution >= 4 is 39.1 Å². The average molecular weight is 796 g/mol. The summed E-state index contributed by atoms with van der Waals surface area (Å²) >= 11 is 4.32. The number of hydrogen-bond acceptors (Lipinski definition) is 9. The topological polar surface area (TPSA) is 111 Å². The van der Waals surface area contributed by atoms with Crippen molar-refractivity contribution < 1.29 is 40.7 Å². The van der Waals surface area contributed by atoms with E-state index in [0.717, 1.165) is 23.9 Å². The zero-order chi connectivity index (χ0) is 38.0. The normalized spacial score (nSPS) is 15.0. The molecule has 50 heavy (non-hydrogen) atoms. The summed E-state index contributed by atoms with van der Waals surface area (Å²) in [7, 11) is 0. The summed E-state index contributed by atoms with van der Waals surface area (Å²) < 4.78 is 83.7. The summed E-state index contributed by atoms with van der Waals surface area (Å²) in [4.78, 5) is 45.5. The van der Waals surface area contributed by atoms with Gasteiger partial charge in [0.05, 0.1) is 21.7 Å². The molecule has 4 rings (SSSR count). The number of ketones is 1. The third-order valence-electron chi connectivity index (χ3n) is 7.06. The average Bonchev–Trinajstić information content (AvgIpc) is 3.49. The molecule has 1 saturated heterocycles. The fourth-order valence-electron chi connectivity index (χ4n) is 4.43. The lowest BCUT2D eigenvalue weighted by Gasteiger charge is -2.32. The molecule has 0 saturated carbocycles. The number of alkyl halides is 7. The standard InChI is InChI=1S/C22H29F3N4O2S.C11H12BrF3N2O/c1-20(2,3)18-27-14(11-16(28-18)22(23,24)25)15-12-32-17(26-15)13-7-9-29(10-8-13)19(30)31-21(4,5)6;1-10(2,3)9-16-6(7(18)5-12)4-8(17-9)11(13,14)15/h11-13H,7-10H2,1-6H3;4H,5H2,1-3H3. The summed E-state index contributed by atoms with van der Waals surface area (Å²) in [5.74, 6) is -0.240. The van der Waals surface area contributed by atoms with Gasteiger partial charge in [-0.25, -0.2) is 29.7 Å². The molecule has 1 amide bonds. The van der Waals surface area contributed by atoms with Crippen LogP contribution in [-0.4, -0.2) is 65.7 Å². The molecule has 1 aliphatic rings. The Morgan fingerprint density at radius 3 is 1.74 bits per heavy atom. The molecule has 0 N–H and O–H groups in total. The van der Waals surface area contributed by atoms with E-state index in [1.807, 2.05) is 20.8 Å². The number of hydrogen-bond donors (Lipinski definition) is 0. The molecule has 276 valence electrons. The van der Waals surface area contributed by atoms with E-state index >= 15 is 0 Å². The second kappa shape index (κ2) is 15.2. The Balaban J connectivity index is 0.000000319. The third-order valence-corrected chi connectivity index (χ3v) is 8.58. The van der Waals surface area contributed by atoms with E-state index in [0.29, 0.717) is 24.8 Å². The van der Waals surface area contributed by atoms with Gasteiger partial charge in [0.2, 0.25) is 0 Å². The Bertz CT molecular complexity index is 1600. The fraction of sp³-hybridized carbons (Fsp3) is 0.606. The fourth-order valence-corrected chi connectivity index (χ4v) is 5.70. The van der Waals surface area contributed by atoms with Crippen molar-refractivity contribution in [2.75, 3.05) is 18.4 Å². The van der Waals surface area contributed by atoms with E-state index in [2.05, 4.69) is 40.8 Å². The Labute approximate surface area is 299 Å². The molecule has 1 fully saturated rings. The number of likely N-dealkylation sites (tertiary alicyclic amines) is 1. The van der Waals surface area contributed by atoms with E-state index in [1.54, 1.807) is 51.8 Å². The predicted octanol–water partition coefficient (Wildman–Crippen LogP) is 9.40. The lowest BCUT2D eigenvalue weighted by molar-refractivity contribution is -0.142. The van der Waals surface area contributed by atoms with E-state index in [-0.39, 0.29) is 40.4 Å². The lowest BCUT2D eigenvalue weighted by Crippen LogP contribution is -2.41. The molecule has 0 atom stereocenters. The number of halogens is 7. The molecule has 0 radical (unpaired) electrons. The van der Waals surface area contributed by atoms with Crippen LogP contribution in [0.2, 0.25) is 0 Å². The molecular formula is C33H41BrF6N6O3S. The maximum absolute atomic E-state index is 13.4. The highest BCUT2D eigenvalue weighted by atomic mass is 79.9. The molecule has 4 heterocycles. The number of carbonyl (C=O) groups excluding carboxylic acids is 2. The van der Waals surface area contributed by atoms with Crippen LogP contribution < -0.4 is 0 Å². The van der Waals surface area contributed by atoms with Crippen molar-refractivity contribution in [3.63, 3.8) is 0 Å². The molecule has 0 aliphatic carbocycles. The number of thiazole rings is 1. The Kier molecular flexibility index (Phi) is 12.5. The molecule has 0 bridgehead atoms. The number of rotatable bonds is 4. The van der Waals surface area contributed by atoms with Gasteiger partial charge < -0.3 is 9.64 Å². The second-order valence-corrected chi connectivity index (χ2v) is 16.2. The van der Waals surface area contributed by atoms with Crippen LogP contribution in [0.5, 0.6) is 0 Å². The molecule has 3 aromatic rings. The van der Waals surface area contributed by atoms with Crippen molar-refractivity contribution in [2.45, 2.75) is 110 Å². The highest BCUT2D eigenvalue weighted by Crippen LogP contribution is 2.36. The van der Waals surface area contributed by atoms with Gasteiger partial charge >= 0.3 is 18.4 Å². The molecule has 3 aromatic heterocycles. The number of amides is 1. The number of nitrogens with zero attached hydrogens (tertiary/aromatic N) is 6. The Morgan fingerprint density at radius 2 is 1.28 bits per heavy atom. The smallest absolute Gasteiger partial charge is 0.433 e. The minimum absolute atomic E-state index is 0.00150. The maximum atomic E-state index is 13.4. The van der Waals surface area contributed by atoms with Crippen LogP contribution in [0.25, 0.3) is 11.4 Å². The van der Waals surface area contributed by atoms with Crippen molar-refractivity contribution in [2.24, 2.45) is 0 Å². The first-order chi connectivity index (χ1) is 22.7. The largest absolute Gasteiger partial charge is 0.444 e. The maximum Gasteiger partial charge on any atom is 0.433 e. The monoisotopic (exact) mass is 794 g/mol. The SMILES string of the molecule is CC(C)(C)OC(=O)N1CCC(c2nc(-c3cc(C(F)(F)F)nc(C(C)(C)C)n3)cs2)CC1.CC(C)(C)c1nc(C(=O)CBr)cc(C(F)(F)F)n1. The third kappa shape index (κ3) is 11.4. The van der Waals surface area contributed by atoms with Gasteiger partial charge in [0, 0.05) is 35.2 Å². The van der Waals surface area contributed by atoms with Crippen molar-refractivity contribution in [1.82, 2.24) is 29.8 Å². The number of carbonyl (C=O) groups is 2. The van der Waals surface area contributed by atoms with Gasteiger partial charge in [-0.3, -0.25) is 4.79 Å². The van der Waals surface area contributed by atoms with E-state index in [4.69, 9.17) is 4.74 Å². The van der Waals surface area contributed by atoms with Crippen LogP contribution >= 0.6 is 27.3 Å². The molecule has 0 unspecified atom stereocenters. The summed E-state index contributed by atoms with van der Waals surface area (Å²) in [6, 6.07) is 1.64. The van der Waals surface area contributed by atoms with Gasteiger partial charge in [-0.05, 0) is 45.7 Å². The van der Waals surface area contributed by atoms with Crippen molar-refractivity contribution in [3.8, 4) is 11.4 Å². The van der Waals surface area contributed by atoms with E-state index in [9.17, 15) is 35.9 Å². The summed E-state index contributed by atoms with van der Waals surface area (Å²) in [6.45, 7) is 17.0. The summed E-state index contributed by atoms with van der Waals surface area (Å²) in [5.41, 5.74) is -3.54. The van der Waals surface area contributed by atoms with Gasteiger partial charge in [0.1, 0.15) is 34.3 Å². The van der Waals surface area contributed by atoms with Crippen molar-refractivity contribution in [1.29, 1.82) is 0 Å². The lowest BCUT2D eigenvalue weighted by atomic mass is 9.95. The van der Waals surface area contributed by atoms with Gasteiger partial charge in [-0.1, -0.05) is 57.5 Å². The number of aromatic nitrogens is 5. The van der Waals surface area contributed by atoms with Crippen LogP contribution in [-0.2, 0) is 27.9 Å². The molecule has 9 nitrogen and oxygen atoms in total. The minimum Gasteiger partial charge on any atom is -0.444 e. The van der Waals surface area contributed by atoms with Crippen LogP contribution in [0.15, 0.2) is 17.5 Å². The molecule has 0 aromatic carbocycles. The number of piperidine rings is 1. The quantitative estimate of drug-likeness (QED) is 0.146. The first-order valence-corrected chi connectivity index (χ1v) is 17.7. The van der Waals surface area contributed by atoms with Crippen LogP contribution in [0.3, 0.4) is 0 Å². The highest BCUT2D eigenvalue weighted by molar-refractivity contribution is 9.09. The summed E-state index contributed by atoms with van der Waals surface area (Å²) in [6.07, 6.45) is -8.05. The minimum atomic E-state index is -4.59. The number of ether oxygens (including phenoxy) is 1. The zero-order valence-electron chi connectivity index (χ0n) is 29.3. The van der Waals surface area contributed by atoms with Crippen molar-refractivity contribution in [3.05, 3.63) is 51.3 Å². The van der Waals surface area contributed by atoms with E-state index in [1.165, 1.54) is 11.3 Å². The molecule has 1 aliphatic heterocycles. The van der Waals surface area contributed by atoms with Gasteiger partial charge in [-0.15, -0.1) is 11.3 Å². The van der Waals surface area contributed by atoms with E-state index < -0.39 is 46.0 Å².